The Morgan fingerprint density at radius 1 is 1.38 bits per heavy atom. The van der Waals surface area contributed by atoms with E-state index in [-0.39, 0.29) is 0 Å². The van der Waals surface area contributed by atoms with Crippen molar-refractivity contribution in [2.45, 2.75) is 19.9 Å². The molecule has 80 valence electrons. The molecule has 1 aromatic carbocycles. The Morgan fingerprint density at radius 2 is 2.31 bits per heavy atom. The summed E-state index contributed by atoms with van der Waals surface area (Å²) in [5, 5.41) is 0. The number of rotatable bonds is 2. The van der Waals surface area contributed by atoms with Crippen molar-refractivity contribution < 1.29 is 0 Å². The molecule has 0 atom stereocenters. The van der Waals surface area contributed by atoms with Crippen LogP contribution >= 0.6 is 0 Å². The van der Waals surface area contributed by atoms with Crippen LogP contribution in [0.5, 0.6) is 0 Å². The molecule has 0 aliphatic carbocycles. The fourth-order valence-corrected chi connectivity index (χ4v) is 2.24. The topological polar surface area (TPSA) is 41.0 Å². The zero-order chi connectivity index (χ0) is 11.0. The van der Waals surface area contributed by atoms with Crippen LogP contribution in [0.4, 0.5) is 0 Å². The number of hydrogen-bond donors (Lipinski definition) is 1. The van der Waals surface area contributed by atoms with E-state index in [2.05, 4.69) is 34.0 Å². The van der Waals surface area contributed by atoms with Crippen LogP contribution in [0.1, 0.15) is 23.6 Å². The molecule has 0 amide bonds. The monoisotopic (exact) mass is 211 g/mol. The minimum absolute atomic E-state index is 0.789. The van der Waals surface area contributed by atoms with Crippen molar-refractivity contribution >= 4 is 6.21 Å². The number of benzene rings is 1. The van der Waals surface area contributed by atoms with Crippen LogP contribution in [-0.2, 0) is 13.0 Å². The summed E-state index contributed by atoms with van der Waals surface area (Å²) in [6.45, 7) is 2.97. The maximum absolute atomic E-state index is 4.37. The van der Waals surface area contributed by atoms with Crippen LogP contribution in [0.15, 0.2) is 29.6 Å². The Bertz CT molecular complexity index is 539. The number of nitrogens with zero attached hydrogens (tertiary/aromatic N) is 2. The van der Waals surface area contributed by atoms with Crippen LogP contribution in [-0.4, -0.2) is 16.2 Å². The highest BCUT2D eigenvalue weighted by molar-refractivity contribution is 5.90. The van der Waals surface area contributed by atoms with E-state index in [1.165, 1.54) is 22.3 Å². The van der Waals surface area contributed by atoms with Gasteiger partial charge in [0.25, 0.3) is 0 Å². The average Bonchev–Trinajstić information content (AvgIpc) is 2.98. The van der Waals surface area contributed by atoms with Crippen molar-refractivity contribution in [2.24, 2.45) is 4.99 Å². The number of nitrogens with one attached hydrogen (secondary N) is 1. The lowest BCUT2D eigenvalue weighted by Crippen LogP contribution is -1.96. The van der Waals surface area contributed by atoms with Gasteiger partial charge in [0, 0.05) is 17.3 Å². The van der Waals surface area contributed by atoms with Crippen LogP contribution in [0.3, 0.4) is 0 Å². The molecule has 0 bridgehead atoms. The number of H-pyrrole nitrogens is 1. The summed E-state index contributed by atoms with van der Waals surface area (Å²) in [6, 6.07) is 4.35. The standard InChI is InChI=1S/C13H13N3/c1-2-9-3-4-10(13-7-15-8-16-13)12-6-14-5-11(9)12/h3-5,7-8H,2,6H2,1H3,(H,15,16). The summed E-state index contributed by atoms with van der Waals surface area (Å²) in [5.74, 6) is 0. The van der Waals surface area contributed by atoms with Crippen molar-refractivity contribution in [1.82, 2.24) is 9.97 Å². The minimum Gasteiger partial charge on any atom is -0.345 e. The van der Waals surface area contributed by atoms with Gasteiger partial charge in [-0.25, -0.2) is 4.98 Å². The van der Waals surface area contributed by atoms with E-state index in [1.54, 1.807) is 6.33 Å². The molecule has 3 nitrogen and oxygen atoms in total. The second kappa shape index (κ2) is 3.59. The van der Waals surface area contributed by atoms with Gasteiger partial charge in [0.05, 0.1) is 24.8 Å². The van der Waals surface area contributed by atoms with E-state index in [0.717, 1.165) is 18.7 Å². The maximum atomic E-state index is 4.37. The molecular weight excluding hydrogens is 198 g/mol. The van der Waals surface area contributed by atoms with E-state index in [4.69, 9.17) is 0 Å². The van der Waals surface area contributed by atoms with E-state index in [1.807, 2.05) is 12.4 Å². The molecule has 0 saturated heterocycles. The SMILES string of the molecule is CCc1ccc(-c2cnc[nH]2)c2c1C=NC2. The molecule has 0 saturated carbocycles. The van der Waals surface area contributed by atoms with Crippen LogP contribution < -0.4 is 0 Å². The first-order valence-electron chi connectivity index (χ1n) is 5.53. The first kappa shape index (κ1) is 9.33. The lowest BCUT2D eigenvalue weighted by molar-refractivity contribution is 1.08. The Balaban J connectivity index is 2.20. The Kier molecular flexibility index (Phi) is 2.10. The van der Waals surface area contributed by atoms with Gasteiger partial charge in [-0.2, -0.15) is 0 Å². The largest absolute Gasteiger partial charge is 0.345 e. The van der Waals surface area contributed by atoms with Gasteiger partial charge in [-0.1, -0.05) is 19.1 Å². The Hall–Kier alpha value is -1.90. The predicted molar refractivity (Wildman–Crippen MR) is 64.7 cm³/mol. The highest BCUT2D eigenvalue weighted by Gasteiger charge is 2.16. The molecule has 3 rings (SSSR count). The Labute approximate surface area is 94.3 Å². The molecular formula is C13H13N3. The summed E-state index contributed by atoms with van der Waals surface area (Å²) in [5.41, 5.74) is 6.30. The molecule has 2 aromatic rings. The zero-order valence-electron chi connectivity index (χ0n) is 9.20. The van der Waals surface area contributed by atoms with E-state index in [0.29, 0.717) is 0 Å². The molecule has 0 spiro atoms. The molecule has 2 heterocycles. The van der Waals surface area contributed by atoms with Gasteiger partial charge in [0.15, 0.2) is 0 Å². The second-order valence-electron chi connectivity index (χ2n) is 3.95. The predicted octanol–water partition coefficient (Wildman–Crippen LogP) is 2.57. The lowest BCUT2D eigenvalue weighted by atomic mass is 9.95. The maximum Gasteiger partial charge on any atom is 0.0924 e. The van der Waals surface area contributed by atoms with Crippen molar-refractivity contribution in [3.05, 3.63) is 41.3 Å². The highest BCUT2D eigenvalue weighted by Crippen LogP contribution is 2.29. The van der Waals surface area contributed by atoms with E-state index in [9.17, 15) is 0 Å². The number of fused-ring (bicyclic) bond motifs is 1. The molecule has 1 aromatic heterocycles. The molecule has 0 radical (unpaired) electrons. The van der Waals surface area contributed by atoms with Gasteiger partial charge in [-0.05, 0) is 17.5 Å². The second-order valence-corrected chi connectivity index (χ2v) is 3.95. The fourth-order valence-electron chi connectivity index (χ4n) is 2.24. The minimum atomic E-state index is 0.789. The van der Waals surface area contributed by atoms with Crippen molar-refractivity contribution in [3.8, 4) is 11.3 Å². The number of aliphatic imine (C=N–C) groups is 1. The van der Waals surface area contributed by atoms with Gasteiger partial charge in [0.1, 0.15) is 0 Å². The fraction of sp³-hybridized carbons (Fsp3) is 0.231. The van der Waals surface area contributed by atoms with Gasteiger partial charge < -0.3 is 4.98 Å². The third kappa shape index (κ3) is 1.28. The van der Waals surface area contributed by atoms with Gasteiger partial charge >= 0.3 is 0 Å². The molecule has 1 N–H and O–H groups in total. The van der Waals surface area contributed by atoms with Crippen molar-refractivity contribution in [3.63, 3.8) is 0 Å². The molecule has 1 aliphatic heterocycles. The molecule has 1 aliphatic rings. The summed E-state index contributed by atoms with van der Waals surface area (Å²) in [4.78, 5) is 11.6. The number of aryl methyl sites for hydroxylation is 1. The quantitative estimate of drug-likeness (QED) is 0.814. The van der Waals surface area contributed by atoms with Crippen molar-refractivity contribution in [2.75, 3.05) is 0 Å². The number of imidazole rings is 1. The lowest BCUT2D eigenvalue weighted by Gasteiger charge is -2.09. The van der Waals surface area contributed by atoms with E-state index >= 15 is 0 Å². The van der Waals surface area contributed by atoms with Crippen LogP contribution in [0.2, 0.25) is 0 Å². The number of hydrogen-bond acceptors (Lipinski definition) is 2. The zero-order valence-corrected chi connectivity index (χ0v) is 9.20. The first-order valence-corrected chi connectivity index (χ1v) is 5.53. The Morgan fingerprint density at radius 3 is 3.06 bits per heavy atom. The smallest absolute Gasteiger partial charge is 0.0924 e. The van der Waals surface area contributed by atoms with Gasteiger partial charge in [0.2, 0.25) is 0 Å². The molecule has 3 heteroatoms. The van der Waals surface area contributed by atoms with Crippen LogP contribution in [0, 0.1) is 0 Å². The first-order chi connectivity index (χ1) is 7.90. The summed E-state index contributed by atoms with van der Waals surface area (Å²) < 4.78 is 0. The normalized spacial score (nSPS) is 13.1. The third-order valence-electron chi connectivity index (χ3n) is 3.09. The molecule has 0 fully saturated rings. The summed E-state index contributed by atoms with van der Waals surface area (Å²) in [6.07, 6.45) is 6.62. The number of aromatic amines is 1. The van der Waals surface area contributed by atoms with E-state index < -0.39 is 0 Å². The number of aromatic nitrogens is 2. The van der Waals surface area contributed by atoms with Gasteiger partial charge in [-0.3, -0.25) is 4.99 Å². The molecule has 16 heavy (non-hydrogen) atoms. The molecule has 0 unspecified atom stereocenters. The average molecular weight is 211 g/mol. The van der Waals surface area contributed by atoms with Crippen LogP contribution in [0.25, 0.3) is 11.3 Å². The van der Waals surface area contributed by atoms with Gasteiger partial charge in [-0.15, -0.1) is 0 Å². The summed E-state index contributed by atoms with van der Waals surface area (Å²) >= 11 is 0. The highest BCUT2D eigenvalue weighted by atomic mass is 14.9. The third-order valence-corrected chi connectivity index (χ3v) is 3.09. The summed E-state index contributed by atoms with van der Waals surface area (Å²) in [7, 11) is 0. The van der Waals surface area contributed by atoms with Crippen molar-refractivity contribution in [1.29, 1.82) is 0 Å².